The van der Waals surface area contributed by atoms with Crippen LogP contribution in [0.2, 0.25) is 5.02 Å². The summed E-state index contributed by atoms with van der Waals surface area (Å²) in [6.45, 7) is 4.31. The first kappa shape index (κ1) is 14.6. The number of piperazine rings is 1. The summed E-state index contributed by atoms with van der Waals surface area (Å²) in [4.78, 5) is 2.53. The molecule has 0 amide bonds. The Balaban J connectivity index is 1.57. The van der Waals surface area contributed by atoms with E-state index in [0.29, 0.717) is 6.04 Å². The van der Waals surface area contributed by atoms with E-state index in [1.807, 2.05) is 12.1 Å². The maximum Gasteiger partial charge on any atom is 0.0406 e. The molecule has 3 heteroatoms. The number of nitrogens with one attached hydrogen (secondary N) is 1. The summed E-state index contributed by atoms with van der Waals surface area (Å²) in [5.41, 5.74) is 2.74. The number of hydrogen-bond donors (Lipinski definition) is 1. The van der Waals surface area contributed by atoms with Crippen LogP contribution < -0.4 is 5.32 Å². The Bertz CT molecular complexity index is 553. The molecule has 0 radical (unpaired) electrons. The summed E-state index contributed by atoms with van der Waals surface area (Å²) in [5, 5.41) is 4.43. The van der Waals surface area contributed by atoms with Gasteiger partial charge in [0.2, 0.25) is 0 Å². The molecular weight excluding hydrogens is 280 g/mol. The van der Waals surface area contributed by atoms with Gasteiger partial charge in [-0.3, -0.25) is 4.90 Å². The fourth-order valence-electron chi connectivity index (χ4n) is 2.92. The van der Waals surface area contributed by atoms with Crippen molar-refractivity contribution in [2.75, 3.05) is 19.6 Å². The quantitative estimate of drug-likeness (QED) is 0.931. The van der Waals surface area contributed by atoms with Crippen molar-refractivity contribution in [3.63, 3.8) is 0 Å². The van der Waals surface area contributed by atoms with E-state index in [-0.39, 0.29) is 0 Å². The van der Waals surface area contributed by atoms with Gasteiger partial charge < -0.3 is 5.32 Å². The highest BCUT2D eigenvalue weighted by molar-refractivity contribution is 6.30. The van der Waals surface area contributed by atoms with Crippen LogP contribution in [0.15, 0.2) is 54.6 Å². The average Bonchev–Trinajstić information content (AvgIpc) is 2.51. The lowest BCUT2D eigenvalue weighted by atomic mass is 10.0. The summed E-state index contributed by atoms with van der Waals surface area (Å²) in [7, 11) is 0. The Kier molecular flexibility index (Phi) is 4.91. The van der Waals surface area contributed by atoms with Gasteiger partial charge in [0.15, 0.2) is 0 Å². The second kappa shape index (κ2) is 7.08. The first-order valence-electron chi connectivity index (χ1n) is 7.54. The van der Waals surface area contributed by atoms with Crippen molar-refractivity contribution < 1.29 is 0 Å². The first-order chi connectivity index (χ1) is 10.3. The third kappa shape index (κ3) is 4.31. The van der Waals surface area contributed by atoms with Gasteiger partial charge in [-0.2, -0.15) is 0 Å². The second-order valence-corrected chi connectivity index (χ2v) is 6.14. The van der Waals surface area contributed by atoms with Crippen molar-refractivity contribution in [3.05, 3.63) is 70.7 Å². The second-order valence-electron chi connectivity index (χ2n) is 5.70. The van der Waals surface area contributed by atoms with Crippen molar-refractivity contribution in [1.82, 2.24) is 10.2 Å². The summed E-state index contributed by atoms with van der Waals surface area (Å²) in [6.07, 6.45) is 1.06. The SMILES string of the molecule is Clc1ccc(CC2CN(Cc3ccccc3)CCN2)cc1. The Labute approximate surface area is 131 Å². The molecule has 2 aromatic carbocycles. The predicted molar refractivity (Wildman–Crippen MR) is 88.7 cm³/mol. The van der Waals surface area contributed by atoms with E-state index >= 15 is 0 Å². The molecule has 1 atom stereocenters. The lowest BCUT2D eigenvalue weighted by Crippen LogP contribution is -2.51. The molecule has 0 bridgehead atoms. The summed E-state index contributed by atoms with van der Waals surface area (Å²) in [6, 6.07) is 19.4. The van der Waals surface area contributed by atoms with Crippen molar-refractivity contribution in [2.24, 2.45) is 0 Å². The minimum Gasteiger partial charge on any atom is -0.311 e. The molecule has 3 rings (SSSR count). The Morgan fingerprint density at radius 2 is 1.76 bits per heavy atom. The molecule has 1 unspecified atom stereocenters. The number of rotatable bonds is 4. The molecule has 2 aromatic rings. The smallest absolute Gasteiger partial charge is 0.0406 e. The van der Waals surface area contributed by atoms with E-state index in [1.54, 1.807) is 0 Å². The van der Waals surface area contributed by atoms with E-state index in [0.717, 1.165) is 37.6 Å². The highest BCUT2D eigenvalue weighted by Crippen LogP contribution is 2.14. The highest BCUT2D eigenvalue weighted by Gasteiger charge is 2.19. The monoisotopic (exact) mass is 300 g/mol. The lowest BCUT2D eigenvalue weighted by molar-refractivity contribution is 0.192. The molecule has 1 fully saturated rings. The average molecular weight is 301 g/mol. The third-order valence-corrected chi connectivity index (χ3v) is 4.24. The highest BCUT2D eigenvalue weighted by atomic mass is 35.5. The molecule has 0 saturated carbocycles. The molecule has 1 heterocycles. The predicted octanol–water partition coefficient (Wildman–Crippen LogP) is 3.36. The van der Waals surface area contributed by atoms with Gasteiger partial charge in [0, 0.05) is 37.2 Å². The number of halogens is 1. The molecular formula is C18H21ClN2. The Hall–Kier alpha value is -1.35. The van der Waals surface area contributed by atoms with E-state index in [2.05, 4.69) is 52.7 Å². The fraction of sp³-hybridized carbons (Fsp3) is 0.333. The van der Waals surface area contributed by atoms with Crippen molar-refractivity contribution in [1.29, 1.82) is 0 Å². The lowest BCUT2D eigenvalue weighted by Gasteiger charge is -2.34. The van der Waals surface area contributed by atoms with Crippen LogP contribution in [0.25, 0.3) is 0 Å². The zero-order chi connectivity index (χ0) is 14.5. The molecule has 21 heavy (non-hydrogen) atoms. The van der Waals surface area contributed by atoms with E-state index < -0.39 is 0 Å². The zero-order valence-electron chi connectivity index (χ0n) is 12.1. The molecule has 0 aliphatic carbocycles. The van der Waals surface area contributed by atoms with Crippen LogP contribution in [0.4, 0.5) is 0 Å². The molecule has 1 aliphatic rings. The number of nitrogens with zero attached hydrogens (tertiary/aromatic N) is 1. The molecule has 1 aliphatic heterocycles. The minimum atomic E-state index is 0.517. The van der Waals surface area contributed by atoms with Gasteiger partial charge in [-0.25, -0.2) is 0 Å². The van der Waals surface area contributed by atoms with Gasteiger partial charge in [0.1, 0.15) is 0 Å². The van der Waals surface area contributed by atoms with E-state index in [4.69, 9.17) is 11.6 Å². The zero-order valence-corrected chi connectivity index (χ0v) is 12.9. The maximum atomic E-state index is 5.94. The molecule has 110 valence electrons. The maximum absolute atomic E-state index is 5.94. The summed E-state index contributed by atoms with van der Waals surface area (Å²) in [5.74, 6) is 0. The van der Waals surface area contributed by atoms with Gasteiger partial charge in [0.25, 0.3) is 0 Å². The van der Waals surface area contributed by atoms with E-state index in [1.165, 1.54) is 11.1 Å². The van der Waals surface area contributed by atoms with Crippen molar-refractivity contribution in [3.8, 4) is 0 Å². The van der Waals surface area contributed by atoms with Crippen LogP contribution in [0.1, 0.15) is 11.1 Å². The van der Waals surface area contributed by atoms with Crippen LogP contribution >= 0.6 is 11.6 Å². The first-order valence-corrected chi connectivity index (χ1v) is 7.91. The summed E-state index contributed by atoms with van der Waals surface area (Å²) < 4.78 is 0. The third-order valence-electron chi connectivity index (χ3n) is 3.98. The molecule has 1 saturated heterocycles. The van der Waals surface area contributed by atoms with Crippen LogP contribution in [0.3, 0.4) is 0 Å². The summed E-state index contributed by atoms with van der Waals surface area (Å²) >= 11 is 5.94. The van der Waals surface area contributed by atoms with Crippen LogP contribution in [0.5, 0.6) is 0 Å². The van der Waals surface area contributed by atoms with Gasteiger partial charge in [-0.1, -0.05) is 54.1 Å². The number of benzene rings is 2. The fourth-order valence-corrected chi connectivity index (χ4v) is 3.05. The standard InChI is InChI=1S/C18H21ClN2/c19-17-8-6-15(7-9-17)12-18-14-21(11-10-20-18)13-16-4-2-1-3-5-16/h1-9,18,20H,10-14H2. The molecule has 0 aromatic heterocycles. The van der Waals surface area contributed by atoms with Gasteiger partial charge >= 0.3 is 0 Å². The van der Waals surface area contributed by atoms with Crippen LogP contribution in [-0.2, 0) is 13.0 Å². The molecule has 0 spiro atoms. The molecule has 2 nitrogen and oxygen atoms in total. The van der Waals surface area contributed by atoms with Crippen molar-refractivity contribution in [2.45, 2.75) is 19.0 Å². The minimum absolute atomic E-state index is 0.517. The van der Waals surface area contributed by atoms with Gasteiger partial charge in [-0.15, -0.1) is 0 Å². The molecule has 1 N–H and O–H groups in total. The largest absolute Gasteiger partial charge is 0.311 e. The Morgan fingerprint density at radius 1 is 1.00 bits per heavy atom. The Morgan fingerprint density at radius 3 is 2.52 bits per heavy atom. The van der Waals surface area contributed by atoms with Gasteiger partial charge in [0.05, 0.1) is 0 Å². The van der Waals surface area contributed by atoms with Gasteiger partial charge in [-0.05, 0) is 29.7 Å². The topological polar surface area (TPSA) is 15.3 Å². The van der Waals surface area contributed by atoms with Crippen molar-refractivity contribution >= 4 is 11.6 Å². The number of hydrogen-bond acceptors (Lipinski definition) is 2. The normalized spacial score (nSPS) is 19.6. The van der Waals surface area contributed by atoms with Crippen LogP contribution in [0, 0.1) is 0 Å². The van der Waals surface area contributed by atoms with Crippen LogP contribution in [-0.4, -0.2) is 30.6 Å². The van der Waals surface area contributed by atoms with E-state index in [9.17, 15) is 0 Å².